The Balaban J connectivity index is 0.000000980. The summed E-state index contributed by atoms with van der Waals surface area (Å²) in [7, 11) is 0. The van der Waals surface area contributed by atoms with Crippen LogP contribution >= 0.6 is 28.3 Å². The number of hydrogen-bond acceptors (Lipinski definition) is 3. The molecular weight excluding hydrogens is 265 g/mol. The molecule has 1 atom stereocenters. The Morgan fingerprint density at radius 1 is 1.50 bits per heavy atom. The standard InChI is InChI=1S/C9H12BrN3.ClH/c10-7-1-2-9(12-5-7)13-4-3-8(11)6-13;/h1-2,5,8H,3-4,6,11H2;1H/t8-;/m0./s1. The third-order valence-electron chi connectivity index (χ3n) is 2.26. The van der Waals surface area contributed by atoms with Crippen LogP contribution in [0.2, 0.25) is 0 Å². The van der Waals surface area contributed by atoms with Gasteiger partial charge in [0.25, 0.3) is 0 Å². The fourth-order valence-electron chi connectivity index (χ4n) is 1.55. The van der Waals surface area contributed by atoms with Gasteiger partial charge in [0, 0.05) is 29.8 Å². The summed E-state index contributed by atoms with van der Waals surface area (Å²) >= 11 is 3.36. The minimum atomic E-state index is 0. The Morgan fingerprint density at radius 3 is 2.79 bits per heavy atom. The Hall–Kier alpha value is -0.320. The highest BCUT2D eigenvalue weighted by molar-refractivity contribution is 9.10. The maximum absolute atomic E-state index is 5.81. The van der Waals surface area contributed by atoms with Gasteiger partial charge in [0.1, 0.15) is 5.82 Å². The Kier molecular flexibility index (Phi) is 4.16. The number of aromatic nitrogens is 1. The zero-order valence-corrected chi connectivity index (χ0v) is 10.1. The molecule has 0 bridgehead atoms. The first-order chi connectivity index (χ1) is 6.25. The van der Waals surface area contributed by atoms with E-state index < -0.39 is 0 Å². The average molecular weight is 279 g/mol. The van der Waals surface area contributed by atoms with E-state index in [-0.39, 0.29) is 12.4 Å². The van der Waals surface area contributed by atoms with Crippen LogP contribution in [0.5, 0.6) is 0 Å². The lowest BCUT2D eigenvalue weighted by atomic mass is 10.3. The van der Waals surface area contributed by atoms with Crippen molar-refractivity contribution in [2.24, 2.45) is 5.73 Å². The molecule has 1 fully saturated rings. The fraction of sp³-hybridized carbons (Fsp3) is 0.444. The van der Waals surface area contributed by atoms with Crippen LogP contribution in [0.1, 0.15) is 6.42 Å². The summed E-state index contributed by atoms with van der Waals surface area (Å²) < 4.78 is 1.01. The molecule has 1 aliphatic rings. The van der Waals surface area contributed by atoms with Crippen molar-refractivity contribution < 1.29 is 0 Å². The maximum atomic E-state index is 5.81. The van der Waals surface area contributed by atoms with Gasteiger partial charge in [-0.05, 0) is 34.5 Å². The molecule has 2 heterocycles. The highest BCUT2D eigenvalue weighted by atomic mass is 79.9. The summed E-state index contributed by atoms with van der Waals surface area (Å²) in [4.78, 5) is 6.54. The van der Waals surface area contributed by atoms with E-state index in [1.807, 2.05) is 18.3 Å². The third kappa shape index (κ3) is 2.59. The molecule has 5 heteroatoms. The number of nitrogens with zero attached hydrogens (tertiary/aromatic N) is 2. The van der Waals surface area contributed by atoms with Crippen molar-refractivity contribution in [1.29, 1.82) is 0 Å². The van der Waals surface area contributed by atoms with Crippen molar-refractivity contribution >= 4 is 34.2 Å². The van der Waals surface area contributed by atoms with Crippen LogP contribution in [0.25, 0.3) is 0 Å². The topological polar surface area (TPSA) is 42.1 Å². The molecule has 14 heavy (non-hydrogen) atoms. The first kappa shape index (κ1) is 11.8. The largest absolute Gasteiger partial charge is 0.355 e. The number of nitrogens with two attached hydrogens (primary N) is 1. The number of halogens is 2. The lowest BCUT2D eigenvalue weighted by molar-refractivity contribution is 0.751. The van der Waals surface area contributed by atoms with E-state index >= 15 is 0 Å². The molecule has 2 rings (SSSR count). The summed E-state index contributed by atoms with van der Waals surface area (Å²) in [5.74, 6) is 1.02. The maximum Gasteiger partial charge on any atom is 0.128 e. The third-order valence-corrected chi connectivity index (χ3v) is 2.73. The van der Waals surface area contributed by atoms with Crippen LogP contribution in [0.15, 0.2) is 22.8 Å². The smallest absolute Gasteiger partial charge is 0.128 e. The molecule has 0 amide bonds. The Labute approximate surface area is 98.2 Å². The van der Waals surface area contributed by atoms with Gasteiger partial charge >= 0.3 is 0 Å². The molecule has 0 aromatic carbocycles. The number of rotatable bonds is 1. The Morgan fingerprint density at radius 2 is 2.29 bits per heavy atom. The first-order valence-electron chi connectivity index (χ1n) is 4.38. The van der Waals surface area contributed by atoms with Crippen LogP contribution in [0, 0.1) is 0 Å². The minimum Gasteiger partial charge on any atom is -0.355 e. The molecule has 1 aromatic heterocycles. The summed E-state index contributed by atoms with van der Waals surface area (Å²) in [6, 6.07) is 4.33. The van der Waals surface area contributed by atoms with Gasteiger partial charge in [-0.3, -0.25) is 0 Å². The summed E-state index contributed by atoms with van der Waals surface area (Å²) in [6.45, 7) is 1.95. The van der Waals surface area contributed by atoms with Gasteiger partial charge in [0.15, 0.2) is 0 Å². The second-order valence-electron chi connectivity index (χ2n) is 3.33. The van der Waals surface area contributed by atoms with Gasteiger partial charge in [-0.2, -0.15) is 0 Å². The summed E-state index contributed by atoms with van der Waals surface area (Å²) in [5.41, 5.74) is 5.81. The van der Waals surface area contributed by atoms with E-state index in [1.165, 1.54) is 0 Å². The molecule has 0 unspecified atom stereocenters. The van der Waals surface area contributed by atoms with Gasteiger partial charge in [-0.25, -0.2) is 4.98 Å². The van der Waals surface area contributed by atoms with Crippen LogP contribution in [0.3, 0.4) is 0 Å². The molecule has 1 aliphatic heterocycles. The highest BCUT2D eigenvalue weighted by Crippen LogP contribution is 2.18. The van der Waals surface area contributed by atoms with Crippen LogP contribution in [-0.2, 0) is 0 Å². The van der Waals surface area contributed by atoms with Crippen molar-refractivity contribution in [3.8, 4) is 0 Å². The number of hydrogen-bond donors (Lipinski definition) is 1. The second-order valence-corrected chi connectivity index (χ2v) is 4.25. The number of anilines is 1. The zero-order chi connectivity index (χ0) is 9.26. The lowest BCUT2D eigenvalue weighted by Crippen LogP contribution is -2.26. The van der Waals surface area contributed by atoms with Crippen molar-refractivity contribution in [1.82, 2.24) is 4.98 Å². The van der Waals surface area contributed by atoms with E-state index in [2.05, 4.69) is 25.8 Å². The summed E-state index contributed by atoms with van der Waals surface area (Å²) in [5, 5.41) is 0. The van der Waals surface area contributed by atoms with Gasteiger partial charge in [0.05, 0.1) is 0 Å². The van der Waals surface area contributed by atoms with Crippen molar-refractivity contribution in [3.05, 3.63) is 22.8 Å². The van der Waals surface area contributed by atoms with E-state index in [1.54, 1.807) is 0 Å². The molecular formula is C9H13BrClN3. The molecule has 1 aromatic rings. The Bertz CT molecular complexity index is 291. The molecule has 1 saturated heterocycles. The van der Waals surface area contributed by atoms with Crippen LogP contribution in [0.4, 0.5) is 5.82 Å². The van der Waals surface area contributed by atoms with Crippen molar-refractivity contribution in [2.75, 3.05) is 18.0 Å². The van der Waals surface area contributed by atoms with Crippen LogP contribution < -0.4 is 10.6 Å². The molecule has 3 nitrogen and oxygen atoms in total. The van der Waals surface area contributed by atoms with E-state index in [4.69, 9.17) is 5.73 Å². The monoisotopic (exact) mass is 277 g/mol. The van der Waals surface area contributed by atoms with Crippen molar-refractivity contribution in [2.45, 2.75) is 12.5 Å². The van der Waals surface area contributed by atoms with Gasteiger partial charge < -0.3 is 10.6 Å². The SMILES string of the molecule is Cl.N[C@H]1CCN(c2ccc(Br)cn2)C1. The molecule has 0 saturated carbocycles. The van der Waals surface area contributed by atoms with Gasteiger partial charge in [0.2, 0.25) is 0 Å². The zero-order valence-electron chi connectivity index (χ0n) is 7.69. The first-order valence-corrected chi connectivity index (χ1v) is 5.17. The molecule has 0 radical (unpaired) electrons. The minimum absolute atomic E-state index is 0. The van der Waals surface area contributed by atoms with Gasteiger partial charge in [-0.15, -0.1) is 12.4 Å². The molecule has 78 valence electrons. The lowest BCUT2D eigenvalue weighted by Gasteiger charge is -2.16. The predicted molar refractivity (Wildman–Crippen MR) is 64.0 cm³/mol. The van der Waals surface area contributed by atoms with E-state index in [0.717, 1.165) is 29.8 Å². The average Bonchev–Trinajstić information content (AvgIpc) is 2.53. The quantitative estimate of drug-likeness (QED) is 0.852. The predicted octanol–water partition coefficient (Wildman–Crippen LogP) is 1.80. The second kappa shape index (κ2) is 4.96. The van der Waals surface area contributed by atoms with E-state index in [0.29, 0.717) is 6.04 Å². The highest BCUT2D eigenvalue weighted by Gasteiger charge is 2.19. The van der Waals surface area contributed by atoms with Gasteiger partial charge in [-0.1, -0.05) is 0 Å². The van der Waals surface area contributed by atoms with Crippen molar-refractivity contribution in [3.63, 3.8) is 0 Å². The van der Waals surface area contributed by atoms with Crippen LogP contribution in [-0.4, -0.2) is 24.1 Å². The normalized spacial score (nSPS) is 20.7. The molecule has 2 N–H and O–H groups in total. The van der Waals surface area contributed by atoms with E-state index in [9.17, 15) is 0 Å². The number of pyridine rings is 1. The molecule has 0 aliphatic carbocycles. The fourth-order valence-corrected chi connectivity index (χ4v) is 1.79. The summed E-state index contributed by atoms with van der Waals surface area (Å²) in [6.07, 6.45) is 2.89. The molecule has 0 spiro atoms.